The molecule has 1 aliphatic heterocycles. The molecule has 0 radical (unpaired) electrons. The molecule has 0 atom stereocenters. The highest BCUT2D eigenvalue weighted by molar-refractivity contribution is 6.39. The summed E-state index contributed by atoms with van der Waals surface area (Å²) in [7, 11) is 1.31. The molecule has 0 spiro atoms. The van der Waals surface area contributed by atoms with Crippen molar-refractivity contribution in [3.8, 4) is 5.69 Å². The minimum atomic E-state index is -0.852. The van der Waals surface area contributed by atoms with Gasteiger partial charge in [0.1, 0.15) is 5.57 Å². The first-order chi connectivity index (χ1) is 16.6. The Hall–Kier alpha value is -4.17. The molecule has 3 aromatic rings. The van der Waals surface area contributed by atoms with Gasteiger partial charge in [-0.25, -0.2) is 14.5 Å². The van der Waals surface area contributed by atoms with Crippen LogP contribution in [0.3, 0.4) is 0 Å². The largest absolute Gasteiger partial charge is 0.465 e. The van der Waals surface area contributed by atoms with Crippen molar-refractivity contribution in [3.63, 3.8) is 0 Å². The highest BCUT2D eigenvalue weighted by atomic mass is 35.5. The van der Waals surface area contributed by atoms with Crippen molar-refractivity contribution in [1.82, 2.24) is 9.88 Å². The topological polar surface area (TPSA) is 97.7 Å². The summed E-state index contributed by atoms with van der Waals surface area (Å²) >= 11 is 6.18. The number of aryl methyl sites for hydroxylation is 2. The van der Waals surface area contributed by atoms with Gasteiger partial charge in [-0.15, -0.1) is 0 Å². The van der Waals surface area contributed by atoms with E-state index in [-0.39, 0.29) is 11.3 Å². The lowest BCUT2D eigenvalue weighted by Gasteiger charge is -2.26. The number of amides is 4. The van der Waals surface area contributed by atoms with E-state index in [0.29, 0.717) is 27.5 Å². The van der Waals surface area contributed by atoms with Crippen LogP contribution in [-0.2, 0) is 14.3 Å². The van der Waals surface area contributed by atoms with E-state index in [1.54, 1.807) is 56.3 Å². The second-order valence-electron chi connectivity index (χ2n) is 8.06. The predicted octanol–water partition coefficient (Wildman–Crippen LogP) is 4.51. The standard InChI is InChI=1S/C26H22ClN3O5/c1-14-9-10-18(13-21(14)27)30-24(32)20(23(31)28-26(30)34)12-17-11-15(2)29(16(17)3)22-8-6-5-7-19(22)25(33)35-4/h5-13H,1-4H3,(H,28,31,34)/b20-12-. The fraction of sp³-hybridized carbons (Fsp3) is 0.154. The molecule has 178 valence electrons. The monoisotopic (exact) mass is 491 g/mol. The molecule has 1 aliphatic rings. The SMILES string of the molecule is COC(=O)c1ccccc1-n1c(C)cc(/C=C2/C(=O)NC(=O)N(c3ccc(C)c(Cl)c3)C2=O)c1C. The number of carbonyl (C=O) groups is 4. The Bertz CT molecular complexity index is 1440. The molecule has 2 aromatic carbocycles. The van der Waals surface area contributed by atoms with Crippen LogP contribution < -0.4 is 10.2 Å². The first-order valence-corrected chi connectivity index (χ1v) is 11.1. The molecule has 1 aromatic heterocycles. The average Bonchev–Trinajstić information content (AvgIpc) is 3.10. The van der Waals surface area contributed by atoms with E-state index in [0.717, 1.165) is 16.2 Å². The maximum absolute atomic E-state index is 13.3. The number of para-hydroxylation sites is 1. The van der Waals surface area contributed by atoms with Gasteiger partial charge in [-0.05, 0) is 68.3 Å². The van der Waals surface area contributed by atoms with Crippen LogP contribution >= 0.6 is 11.6 Å². The number of hydrogen-bond acceptors (Lipinski definition) is 5. The number of anilines is 1. The normalized spacial score (nSPS) is 14.9. The van der Waals surface area contributed by atoms with Crippen molar-refractivity contribution in [2.24, 2.45) is 0 Å². The van der Waals surface area contributed by atoms with Crippen LogP contribution in [0, 0.1) is 20.8 Å². The predicted molar refractivity (Wildman–Crippen MR) is 132 cm³/mol. The minimum absolute atomic E-state index is 0.206. The molecule has 0 saturated carbocycles. The molecular formula is C26H22ClN3O5. The lowest BCUT2D eigenvalue weighted by molar-refractivity contribution is -0.122. The number of barbiturate groups is 1. The Balaban J connectivity index is 1.79. The zero-order valence-corrected chi connectivity index (χ0v) is 20.3. The summed E-state index contributed by atoms with van der Waals surface area (Å²) < 4.78 is 6.75. The highest BCUT2D eigenvalue weighted by Crippen LogP contribution is 2.29. The third kappa shape index (κ3) is 4.24. The Labute approximate surface area is 206 Å². The van der Waals surface area contributed by atoms with Gasteiger partial charge in [0.05, 0.1) is 24.0 Å². The van der Waals surface area contributed by atoms with E-state index >= 15 is 0 Å². The van der Waals surface area contributed by atoms with Crippen LogP contribution in [0.1, 0.15) is 32.9 Å². The van der Waals surface area contributed by atoms with Gasteiger partial charge in [-0.2, -0.15) is 0 Å². The van der Waals surface area contributed by atoms with Crippen LogP contribution in [0.5, 0.6) is 0 Å². The van der Waals surface area contributed by atoms with Gasteiger partial charge in [0.15, 0.2) is 0 Å². The second-order valence-corrected chi connectivity index (χ2v) is 8.47. The third-order valence-corrected chi connectivity index (χ3v) is 6.24. The summed E-state index contributed by atoms with van der Waals surface area (Å²) in [6.45, 7) is 5.45. The summed E-state index contributed by atoms with van der Waals surface area (Å²) in [4.78, 5) is 51.6. The molecule has 1 saturated heterocycles. The Morgan fingerprint density at radius 2 is 1.74 bits per heavy atom. The highest BCUT2D eigenvalue weighted by Gasteiger charge is 2.37. The number of benzene rings is 2. The van der Waals surface area contributed by atoms with Crippen molar-refractivity contribution in [3.05, 3.63) is 87.2 Å². The fourth-order valence-electron chi connectivity index (χ4n) is 4.02. The maximum atomic E-state index is 13.3. The quantitative estimate of drug-likeness (QED) is 0.329. The molecule has 35 heavy (non-hydrogen) atoms. The zero-order chi connectivity index (χ0) is 25.4. The molecule has 1 N–H and O–H groups in total. The molecule has 8 nitrogen and oxygen atoms in total. The summed E-state index contributed by atoms with van der Waals surface area (Å²) in [5.41, 5.74) is 3.84. The van der Waals surface area contributed by atoms with E-state index in [4.69, 9.17) is 16.3 Å². The van der Waals surface area contributed by atoms with Crippen molar-refractivity contribution < 1.29 is 23.9 Å². The molecular weight excluding hydrogens is 470 g/mol. The molecule has 4 rings (SSSR count). The third-order valence-electron chi connectivity index (χ3n) is 5.84. The second kappa shape index (κ2) is 9.23. The minimum Gasteiger partial charge on any atom is -0.465 e. The Morgan fingerprint density at radius 3 is 2.43 bits per heavy atom. The number of methoxy groups -OCH3 is 1. The van der Waals surface area contributed by atoms with Crippen molar-refractivity contribution in [1.29, 1.82) is 0 Å². The lowest BCUT2D eigenvalue weighted by atomic mass is 10.1. The summed E-state index contributed by atoms with van der Waals surface area (Å²) in [5, 5.41) is 2.60. The number of nitrogens with zero attached hydrogens (tertiary/aromatic N) is 2. The van der Waals surface area contributed by atoms with Gasteiger partial charge in [-0.3, -0.25) is 14.9 Å². The van der Waals surface area contributed by atoms with E-state index in [9.17, 15) is 19.2 Å². The van der Waals surface area contributed by atoms with Gasteiger partial charge in [0, 0.05) is 16.4 Å². The van der Waals surface area contributed by atoms with E-state index in [1.165, 1.54) is 19.3 Å². The van der Waals surface area contributed by atoms with Crippen LogP contribution in [0.25, 0.3) is 11.8 Å². The van der Waals surface area contributed by atoms with Crippen LogP contribution in [0.2, 0.25) is 5.02 Å². The Kier molecular flexibility index (Phi) is 6.32. The number of halogens is 1. The van der Waals surface area contributed by atoms with Crippen LogP contribution in [-0.4, -0.2) is 35.5 Å². The van der Waals surface area contributed by atoms with E-state index in [2.05, 4.69) is 5.32 Å². The number of urea groups is 1. The lowest BCUT2D eigenvalue weighted by Crippen LogP contribution is -2.54. The number of carbonyl (C=O) groups excluding carboxylic acids is 4. The molecule has 0 unspecified atom stereocenters. The van der Waals surface area contributed by atoms with Crippen molar-refractivity contribution >= 4 is 47.2 Å². The number of rotatable bonds is 4. The van der Waals surface area contributed by atoms with Gasteiger partial charge < -0.3 is 9.30 Å². The number of aromatic nitrogens is 1. The molecule has 0 bridgehead atoms. The van der Waals surface area contributed by atoms with E-state index < -0.39 is 23.8 Å². The maximum Gasteiger partial charge on any atom is 0.339 e. The van der Waals surface area contributed by atoms with Crippen LogP contribution in [0.4, 0.5) is 10.5 Å². The zero-order valence-electron chi connectivity index (χ0n) is 19.5. The molecule has 9 heteroatoms. The van der Waals surface area contributed by atoms with Gasteiger partial charge in [-0.1, -0.05) is 29.8 Å². The molecule has 2 heterocycles. The molecule has 4 amide bonds. The van der Waals surface area contributed by atoms with E-state index in [1.807, 2.05) is 11.5 Å². The van der Waals surface area contributed by atoms with Crippen molar-refractivity contribution in [2.45, 2.75) is 20.8 Å². The first kappa shape index (κ1) is 24.0. The molecule has 0 aliphatic carbocycles. The van der Waals surface area contributed by atoms with Gasteiger partial charge >= 0.3 is 12.0 Å². The smallest absolute Gasteiger partial charge is 0.339 e. The van der Waals surface area contributed by atoms with Crippen molar-refractivity contribution in [2.75, 3.05) is 12.0 Å². The van der Waals surface area contributed by atoms with Gasteiger partial charge in [0.25, 0.3) is 11.8 Å². The number of imide groups is 2. The average molecular weight is 492 g/mol. The number of ether oxygens (including phenoxy) is 1. The summed E-state index contributed by atoms with van der Waals surface area (Å²) in [6.07, 6.45) is 1.44. The van der Waals surface area contributed by atoms with Crippen LogP contribution in [0.15, 0.2) is 54.1 Å². The number of esters is 1. The number of hydrogen-bond donors (Lipinski definition) is 1. The summed E-state index contributed by atoms with van der Waals surface area (Å²) in [5.74, 6) is -2.05. The Morgan fingerprint density at radius 1 is 1.03 bits per heavy atom. The number of nitrogens with one attached hydrogen (secondary N) is 1. The summed E-state index contributed by atoms with van der Waals surface area (Å²) in [6, 6.07) is 12.7. The fourth-order valence-corrected chi connectivity index (χ4v) is 4.20. The first-order valence-electron chi connectivity index (χ1n) is 10.7. The molecule has 1 fully saturated rings. The van der Waals surface area contributed by atoms with Gasteiger partial charge in [0.2, 0.25) is 0 Å².